The number of carbonyl (C=O) groups is 1. The molecule has 9 nitrogen and oxygen atoms in total. The van der Waals surface area contributed by atoms with Gasteiger partial charge in [0.2, 0.25) is 5.91 Å². The van der Waals surface area contributed by atoms with Crippen LogP contribution in [0.1, 0.15) is 19.3 Å². The molecule has 3 aromatic rings. The van der Waals surface area contributed by atoms with E-state index >= 15 is 0 Å². The summed E-state index contributed by atoms with van der Waals surface area (Å²) in [5.74, 6) is 1.12. The molecule has 1 aliphatic heterocycles. The van der Waals surface area contributed by atoms with Gasteiger partial charge in [-0.25, -0.2) is 15.0 Å². The maximum Gasteiger partial charge on any atom is 0.226 e. The van der Waals surface area contributed by atoms with Crippen LogP contribution in [0, 0.1) is 17.8 Å². The molecule has 3 N–H and O–H groups in total. The van der Waals surface area contributed by atoms with E-state index in [0.717, 1.165) is 42.4 Å². The van der Waals surface area contributed by atoms with Gasteiger partial charge in [0.25, 0.3) is 0 Å². The minimum Gasteiger partial charge on any atom is -0.378 e. The van der Waals surface area contributed by atoms with E-state index in [4.69, 9.17) is 32.9 Å². The third-order valence-corrected chi connectivity index (χ3v) is 9.34. The second kappa shape index (κ2) is 8.86. The highest BCUT2D eigenvalue weighted by Crippen LogP contribution is 2.47. The molecule has 1 amide bonds. The van der Waals surface area contributed by atoms with E-state index in [-0.39, 0.29) is 29.7 Å². The fraction of sp³-hybridized carbons (Fsp3) is 0.500. The summed E-state index contributed by atoms with van der Waals surface area (Å²) in [6, 6.07) is 0.285. The van der Waals surface area contributed by atoms with E-state index in [1.807, 2.05) is 0 Å². The van der Waals surface area contributed by atoms with Crippen molar-refractivity contribution in [3.8, 4) is 10.7 Å². The van der Waals surface area contributed by atoms with Crippen LogP contribution >= 0.6 is 34.5 Å². The largest absolute Gasteiger partial charge is 0.378 e. The third kappa shape index (κ3) is 3.95. The van der Waals surface area contributed by atoms with E-state index in [1.165, 1.54) is 11.3 Å². The summed E-state index contributed by atoms with van der Waals surface area (Å²) in [5, 5.41) is 8.55. The molecule has 36 heavy (non-hydrogen) atoms. The number of halogens is 2. The monoisotopic (exact) mass is 545 g/mol. The van der Waals surface area contributed by atoms with Crippen molar-refractivity contribution >= 4 is 62.4 Å². The number of imidazole rings is 1. The van der Waals surface area contributed by atoms with Crippen molar-refractivity contribution in [1.82, 2.24) is 25.3 Å². The summed E-state index contributed by atoms with van der Waals surface area (Å²) in [6.45, 7) is 2.91. The predicted octanol–water partition coefficient (Wildman–Crippen LogP) is 4.11. The molecule has 0 spiro atoms. The van der Waals surface area contributed by atoms with Crippen LogP contribution in [0.3, 0.4) is 0 Å². The van der Waals surface area contributed by atoms with Crippen molar-refractivity contribution in [2.75, 3.05) is 36.5 Å². The average molecular weight is 546 g/mol. The van der Waals surface area contributed by atoms with Gasteiger partial charge in [-0.1, -0.05) is 46.7 Å². The number of carbonyl (C=O) groups excluding carboxylic acids is 1. The highest BCUT2D eigenvalue weighted by Gasteiger charge is 2.49. The molecular weight excluding hydrogens is 521 g/mol. The molecule has 0 radical (unpaired) electrons. The number of nitrogens with zero attached hydrogens (tertiary/aromatic N) is 4. The van der Waals surface area contributed by atoms with Crippen LogP contribution < -0.4 is 15.5 Å². The number of pyridine rings is 1. The van der Waals surface area contributed by atoms with Gasteiger partial charge in [0.15, 0.2) is 21.8 Å². The number of aromatic amines is 1. The Hall–Kier alpha value is -2.40. The number of fused-ring (bicyclic) bond motifs is 3. The van der Waals surface area contributed by atoms with E-state index in [1.54, 1.807) is 6.20 Å². The topological polar surface area (TPSA) is 108 Å². The Labute approximate surface area is 221 Å². The molecule has 1 saturated heterocycles. The van der Waals surface area contributed by atoms with Crippen molar-refractivity contribution in [1.29, 1.82) is 0 Å². The van der Waals surface area contributed by atoms with Gasteiger partial charge in [-0.2, -0.15) is 0 Å². The second-order valence-electron chi connectivity index (χ2n) is 9.91. The molecule has 3 fully saturated rings. The quantitative estimate of drug-likeness (QED) is 0.400. The van der Waals surface area contributed by atoms with E-state index < -0.39 is 0 Å². The molecule has 188 valence electrons. The average Bonchev–Trinajstić information content (AvgIpc) is 3.24. The third-order valence-electron chi connectivity index (χ3n) is 7.54. The van der Waals surface area contributed by atoms with Crippen LogP contribution in [-0.4, -0.2) is 64.2 Å². The van der Waals surface area contributed by atoms with Gasteiger partial charge in [-0.05, 0) is 31.1 Å². The Morgan fingerprint density at radius 3 is 2.78 bits per heavy atom. The lowest BCUT2D eigenvalue weighted by Gasteiger charge is -2.29. The smallest absolute Gasteiger partial charge is 0.226 e. The van der Waals surface area contributed by atoms with Gasteiger partial charge in [0.1, 0.15) is 10.4 Å². The molecule has 0 aromatic carbocycles. The summed E-state index contributed by atoms with van der Waals surface area (Å²) < 4.78 is 5.45. The van der Waals surface area contributed by atoms with Crippen LogP contribution in [0.5, 0.6) is 0 Å². The second-order valence-corrected chi connectivity index (χ2v) is 11.7. The normalized spacial score (nSPS) is 27.2. The van der Waals surface area contributed by atoms with E-state index in [9.17, 15) is 4.79 Å². The Bertz CT molecular complexity index is 1360. The highest BCUT2D eigenvalue weighted by molar-refractivity contribution is 7.19. The zero-order valence-electron chi connectivity index (χ0n) is 19.3. The molecule has 3 aromatic heterocycles. The van der Waals surface area contributed by atoms with Crippen molar-refractivity contribution in [3.63, 3.8) is 0 Å². The fourth-order valence-electron chi connectivity index (χ4n) is 5.58. The number of thiazole rings is 1. The molecule has 2 saturated carbocycles. The SMILES string of the molecule is O=C(NC1CC1)C1C(Nc2c(Cl)cnc3nc(-c4sc(N5CCOCC5)nc4Cl)[nH]c23)[C@H]2C=C[C@@H]1C2. The summed E-state index contributed by atoms with van der Waals surface area (Å²) in [4.78, 5) is 33.1. The maximum absolute atomic E-state index is 13.1. The number of allylic oxidation sites excluding steroid dienone is 1. The number of hydrogen-bond donors (Lipinski definition) is 3. The minimum absolute atomic E-state index is 0.0477. The number of hydrogen-bond acceptors (Lipinski definition) is 8. The molecular formula is C24H25Cl2N7O2S. The Balaban J connectivity index is 1.21. The zero-order chi connectivity index (χ0) is 24.4. The number of H-pyrrole nitrogens is 1. The van der Waals surface area contributed by atoms with Gasteiger partial charge in [-0.3, -0.25) is 4.79 Å². The first kappa shape index (κ1) is 22.8. The van der Waals surface area contributed by atoms with Crippen LogP contribution in [0.15, 0.2) is 18.3 Å². The van der Waals surface area contributed by atoms with Gasteiger partial charge in [-0.15, -0.1) is 0 Å². The number of morpholine rings is 1. The lowest BCUT2D eigenvalue weighted by atomic mass is 9.87. The summed E-state index contributed by atoms with van der Waals surface area (Å²) in [6.07, 6.45) is 9.13. The first-order valence-electron chi connectivity index (χ1n) is 12.3. The molecule has 4 aliphatic rings. The molecule has 3 aliphatic carbocycles. The van der Waals surface area contributed by atoms with Crippen molar-refractivity contribution in [3.05, 3.63) is 28.5 Å². The number of anilines is 2. The first-order chi connectivity index (χ1) is 17.5. The van der Waals surface area contributed by atoms with Gasteiger partial charge < -0.3 is 25.3 Å². The Kier molecular flexibility index (Phi) is 5.61. The Morgan fingerprint density at radius 1 is 1.17 bits per heavy atom. The molecule has 2 unspecified atom stereocenters. The molecule has 4 atom stereocenters. The van der Waals surface area contributed by atoms with Crippen LogP contribution in [0.25, 0.3) is 21.9 Å². The van der Waals surface area contributed by atoms with Crippen molar-refractivity contribution in [2.24, 2.45) is 17.8 Å². The van der Waals surface area contributed by atoms with Crippen molar-refractivity contribution in [2.45, 2.75) is 31.3 Å². The summed E-state index contributed by atoms with van der Waals surface area (Å²) in [5.41, 5.74) is 1.94. The minimum atomic E-state index is -0.130. The fourth-order valence-corrected chi connectivity index (χ4v) is 7.06. The van der Waals surface area contributed by atoms with E-state index in [2.05, 4.69) is 42.6 Å². The van der Waals surface area contributed by atoms with Crippen LogP contribution in [0.4, 0.5) is 10.8 Å². The van der Waals surface area contributed by atoms with Gasteiger partial charge in [0, 0.05) is 25.2 Å². The van der Waals surface area contributed by atoms with Crippen LogP contribution in [-0.2, 0) is 9.53 Å². The first-order valence-corrected chi connectivity index (χ1v) is 13.9. The zero-order valence-corrected chi connectivity index (χ0v) is 21.7. The van der Waals surface area contributed by atoms with Gasteiger partial charge in [0.05, 0.1) is 36.0 Å². The Morgan fingerprint density at radius 2 is 1.97 bits per heavy atom. The maximum atomic E-state index is 13.1. The molecule has 12 heteroatoms. The number of rotatable bonds is 6. The number of amides is 1. The van der Waals surface area contributed by atoms with Crippen LogP contribution in [0.2, 0.25) is 10.2 Å². The summed E-state index contributed by atoms with van der Waals surface area (Å²) >= 11 is 14.7. The van der Waals surface area contributed by atoms with Crippen molar-refractivity contribution < 1.29 is 9.53 Å². The predicted molar refractivity (Wildman–Crippen MR) is 141 cm³/mol. The van der Waals surface area contributed by atoms with Gasteiger partial charge >= 0.3 is 0 Å². The lowest BCUT2D eigenvalue weighted by molar-refractivity contribution is -0.126. The van der Waals surface area contributed by atoms with E-state index in [0.29, 0.717) is 52.1 Å². The molecule has 4 heterocycles. The molecule has 2 bridgehead atoms. The molecule has 7 rings (SSSR count). The lowest BCUT2D eigenvalue weighted by Crippen LogP contribution is -2.44. The number of aromatic nitrogens is 4. The summed E-state index contributed by atoms with van der Waals surface area (Å²) in [7, 11) is 0. The number of ether oxygens (including phenoxy) is 1. The highest BCUT2D eigenvalue weighted by atomic mass is 35.5. The number of nitrogens with one attached hydrogen (secondary N) is 3. The standard InChI is InChI=1S/C24H25Cl2N7O2S/c25-14-10-27-21-18(30-22(32-21)19-20(26)31-24(36-19)33-5-7-35-8-6-33)17(14)29-16-12-2-1-11(9-12)15(16)23(34)28-13-3-4-13/h1-2,10-13,15-16H,3-9H2,(H,28,34)(H2,27,29,30,32)/t11-,12+,15?,16?/m1/s1.